The van der Waals surface area contributed by atoms with Gasteiger partial charge in [0.2, 0.25) is 0 Å². The van der Waals surface area contributed by atoms with Gasteiger partial charge in [-0.25, -0.2) is 0 Å². The van der Waals surface area contributed by atoms with Crippen LogP contribution in [0.1, 0.15) is 90.4 Å². The van der Waals surface area contributed by atoms with Crippen LogP contribution in [0.4, 0.5) is 0 Å². The highest BCUT2D eigenvalue weighted by Gasteiger charge is 1.94. The highest BCUT2D eigenvalue weighted by atomic mass is 16.4. The molecule has 0 rings (SSSR count). The number of unbranched alkanes of at least 4 members (excludes halogenated alkanes) is 8. The topological polar surface area (TPSA) is 57.5 Å². The molecule has 0 aromatic rings. The largest absolute Gasteiger partial charge is 0.481 e. The van der Waals surface area contributed by atoms with E-state index in [0.717, 1.165) is 38.5 Å². The number of aliphatic hydroxyl groups excluding tert-OH is 1. The molecule has 3 nitrogen and oxygen atoms in total. The standard InChI is InChI=1S/C20H36O3/c1-19(21)17-15-13-11-9-7-5-3-2-4-6-8-10-12-14-16-18-20(22)23/h9-12,19,21H,2-8,13-18H2,1H3,(H,22,23)/b11-9-,12-10-/t19-/m0/s1. The van der Waals surface area contributed by atoms with Gasteiger partial charge in [-0.3, -0.25) is 4.79 Å². The Kier molecular flexibility index (Phi) is 16.4. The fraction of sp³-hybridized carbons (Fsp3) is 0.750. The Morgan fingerprint density at radius 3 is 1.70 bits per heavy atom. The summed E-state index contributed by atoms with van der Waals surface area (Å²) in [5, 5.41) is 17.6. The lowest BCUT2D eigenvalue weighted by atomic mass is 10.1. The summed E-state index contributed by atoms with van der Waals surface area (Å²) in [5.74, 6) is -0.701. The van der Waals surface area contributed by atoms with Gasteiger partial charge in [0.1, 0.15) is 0 Å². The predicted molar refractivity (Wildman–Crippen MR) is 97.6 cm³/mol. The summed E-state index contributed by atoms with van der Waals surface area (Å²) in [6, 6.07) is 0. The number of aliphatic carboxylic acids is 1. The van der Waals surface area contributed by atoms with E-state index in [1.54, 1.807) is 0 Å². The zero-order valence-electron chi connectivity index (χ0n) is 14.9. The average Bonchev–Trinajstić information content (AvgIpc) is 2.49. The van der Waals surface area contributed by atoms with Crippen LogP contribution in [-0.2, 0) is 4.79 Å². The summed E-state index contributed by atoms with van der Waals surface area (Å²) in [5.41, 5.74) is 0. The van der Waals surface area contributed by atoms with Crippen molar-refractivity contribution in [2.75, 3.05) is 0 Å². The zero-order valence-corrected chi connectivity index (χ0v) is 14.9. The molecule has 0 aromatic carbocycles. The highest BCUT2D eigenvalue weighted by Crippen LogP contribution is 2.09. The molecule has 0 heterocycles. The quantitative estimate of drug-likeness (QED) is 0.285. The Bertz CT molecular complexity index is 319. The molecule has 0 bridgehead atoms. The summed E-state index contributed by atoms with van der Waals surface area (Å²) in [6.45, 7) is 1.85. The molecule has 23 heavy (non-hydrogen) atoms. The molecule has 0 spiro atoms. The molecule has 0 saturated carbocycles. The lowest BCUT2D eigenvalue weighted by Gasteiger charge is -2.00. The maximum Gasteiger partial charge on any atom is 0.303 e. The Labute approximate surface area is 142 Å². The van der Waals surface area contributed by atoms with E-state index in [1.807, 2.05) is 6.92 Å². The van der Waals surface area contributed by atoms with E-state index < -0.39 is 5.97 Å². The molecule has 134 valence electrons. The predicted octanol–water partition coefficient (Wildman–Crippen LogP) is 5.64. The van der Waals surface area contributed by atoms with E-state index in [9.17, 15) is 4.79 Å². The first-order valence-corrected chi connectivity index (χ1v) is 9.32. The summed E-state index contributed by atoms with van der Waals surface area (Å²) >= 11 is 0. The van der Waals surface area contributed by atoms with Gasteiger partial charge in [0.25, 0.3) is 0 Å². The van der Waals surface area contributed by atoms with E-state index in [0.29, 0.717) is 0 Å². The highest BCUT2D eigenvalue weighted by molar-refractivity contribution is 5.66. The van der Waals surface area contributed by atoms with Crippen LogP contribution < -0.4 is 0 Å². The normalized spacial score (nSPS) is 13.1. The molecule has 0 unspecified atom stereocenters. The molecule has 0 aliphatic carbocycles. The molecule has 0 aliphatic heterocycles. The van der Waals surface area contributed by atoms with E-state index in [4.69, 9.17) is 10.2 Å². The van der Waals surface area contributed by atoms with Gasteiger partial charge in [0, 0.05) is 6.42 Å². The summed E-state index contributed by atoms with van der Waals surface area (Å²) < 4.78 is 0. The van der Waals surface area contributed by atoms with Crippen LogP contribution in [0.25, 0.3) is 0 Å². The van der Waals surface area contributed by atoms with Crippen LogP contribution in [0, 0.1) is 0 Å². The molecule has 0 amide bonds. The van der Waals surface area contributed by atoms with Crippen molar-refractivity contribution in [3.63, 3.8) is 0 Å². The van der Waals surface area contributed by atoms with Crippen molar-refractivity contribution >= 4 is 5.97 Å². The van der Waals surface area contributed by atoms with Gasteiger partial charge in [-0.15, -0.1) is 0 Å². The van der Waals surface area contributed by atoms with Crippen LogP contribution in [-0.4, -0.2) is 22.3 Å². The Hall–Kier alpha value is -1.09. The van der Waals surface area contributed by atoms with Crippen molar-refractivity contribution in [3.8, 4) is 0 Å². The molecule has 3 heteroatoms. The molecule has 0 aliphatic rings. The minimum absolute atomic E-state index is 0.164. The fourth-order valence-corrected chi connectivity index (χ4v) is 2.43. The molecule has 0 aromatic heterocycles. The van der Waals surface area contributed by atoms with Crippen molar-refractivity contribution in [2.45, 2.75) is 96.5 Å². The molecule has 2 N–H and O–H groups in total. The van der Waals surface area contributed by atoms with Crippen LogP contribution in [0.2, 0.25) is 0 Å². The number of allylic oxidation sites excluding steroid dienone is 4. The van der Waals surface area contributed by atoms with Crippen molar-refractivity contribution < 1.29 is 15.0 Å². The SMILES string of the molecule is C[C@H](O)CCC/C=C\CCCCCCC/C=C\CCCC(=O)O. The van der Waals surface area contributed by atoms with Crippen LogP contribution in [0.3, 0.4) is 0 Å². The molecule has 0 saturated heterocycles. The second-order valence-electron chi connectivity index (χ2n) is 6.35. The first kappa shape index (κ1) is 21.9. The van der Waals surface area contributed by atoms with Crippen molar-refractivity contribution in [1.29, 1.82) is 0 Å². The third-order valence-electron chi connectivity index (χ3n) is 3.83. The summed E-state index contributed by atoms with van der Waals surface area (Å²) in [6.07, 6.45) is 22.4. The van der Waals surface area contributed by atoms with E-state index >= 15 is 0 Å². The maximum atomic E-state index is 10.3. The second-order valence-corrected chi connectivity index (χ2v) is 6.35. The second kappa shape index (κ2) is 17.3. The summed E-state index contributed by atoms with van der Waals surface area (Å²) in [4.78, 5) is 10.3. The Balaban J connectivity index is 3.17. The number of rotatable bonds is 16. The lowest BCUT2D eigenvalue weighted by molar-refractivity contribution is -0.137. The smallest absolute Gasteiger partial charge is 0.303 e. The molecular formula is C20H36O3. The minimum Gasteiger partial charge on any atom is -0.481 e. The third-order valence-corrected chi connectivity index (χ3v) is 3.83. The molecule has 1 atom stereocenters. The average molecular weight is 325 g/mol. The fourth-order valence-electron chi connectivity index (χ4n) is 2.43. The van der Waals surface area contributed by atoms with Gasteiger partial charge in [-0.05, 0) is 64.7 Å². The van der Waals surface area contributed by atoms with Crippen molar-refractivity contribution in [2.24, 2.45) is 0 Å². The van der Waals surface area contributed by atoms with Crippen molar-refractivity contribution in [1.82, 2.24) is 0 Å². The number of carbonyl (C=O) groups is 1. The van der Waals surface area contributed by atoms with Crippen molar-refractivity contribution in [3.05, 3.63) is 24.3 Å². The first-order chi connectivity index (χ1) is 11.1. The van der Waals surface area contributed by atoms with Crippen LogP contribution in [0.5, 0.6) is 0 Å². The molecular weight excluding hydrogens is 288 g/mol. The van der Waals surface area contributed by atoms with Crippen LogP contribution in [0.15, 0.2) is 24.3 Å². The van der Waals surface area contributed by atoms with Gasteiger partial charge >= 0.3 is 5.97 Å². The van der Waals surface area contributed by atoms with Gasteiger partial charge in [-0.1, -0.05) is 43.6 Å². The van der Waals surface area contributed by atoms with Gasteiger partial charge in [0.05, 0.1) is 6.10 Å². The van der Waals surface area contributed by atoms with E-state index in [-0.39, 0.29) is 12.5 Å². The number of hydrogen-bond donors (Lipinski definition) is 2. The van der Waals surface area contributed by atoms with E-state index in [2.05, 4.69) is 24.3 Å². The molecule has 0 radical (unpaired) electrons. The van der Waals surface area contributed by atoms with Gasteiger partial charge < -0.3 is 10.2 Å². The zero-order chi connectivity index (χ0) is 17.2. The number of aliphatic hydroxyl groups is 1. The number of carboxylic acids is 1. The van der Waals surface area contributed by atoms with Gasteiger partial charge in [0.15, 0.2) is 0 Å². The maximum absolute atomic E-state index is 10.3. The third kappa shape index (κ3) is 20.9. The monoisotopic (exact) mass is 324 g/mol. The Morgan fingerprint density at radius 2 is 1.22 bits per heavy atom. The number of hydrogen-bond acceptors (Lipinski definition) is 2. The van der Waals surface area contributed by atoms with E-state index in [1.165, 1.54) is 38.5 Å². The molecule has 0 fully saturated rings. The number of carboxylic acid groups (broad SMARTS) is 1. The lowest BCUT2D eigenvalue weighted by Crippen LogP contribution is -1.97. The summed E-state index contributed by atoms with van der Waals surface area (Å²) in [7, 11) is 0. The first-order valence-electron chi connectivity index (χ1n) is 9.32. The minimum atomic E-state index is -0.701. The Morgan fingerprint density at radius 1 is 0.783 bits per heavy atom. The van der Waals surface area contributed by atoms with Gasteiger partial charge in [-0.2, -0.15) is 0 Å². The van der Waals surface area contributed by atoms with Crippen LogP contribution >= 0.6 is 0 Å².